The number of hydrogen-bond donors (Lipinski definition) is 1. The molecular weight excluding hydrogens is 485 g/mol. The van der Waals surface area contributed by atoms with Crippen LogP contribution in [0.1, 0.15) is 40.2 Å². The summed E-state index contributed by atoms with van der Waals surface area (Å²) in [5, 5.41) is 5.23. The molecular formula is C27H23F3N4OS. The Morgan fingerprint density at radius 1 is 1.00 bits per heavy atom. The summed E-state index contributed by atoms with van der Waals surface area (Å²) in [6.07, 6.45) is -1.33. The number of benzene rings is 2. The third-order valence-electron chi connectivity index (χ3n) is 6.31. The molecule has 2 aromatic carbocycles. The van der Waals surface area contributed by atoms with Crippen LogP contribution in [0.25, 0.3) is 11.3 Å². The lowest BCUT2D eigenvalue weighted by Gasteiger charge is -2.33. The van der Waals surface area contributed by atoms with Gasteiger partial charge in [-0.15, -0.1) is 11.3 Å². The second kappa shape index (κ2) is 10.1. The Kier molecular flexibility index (Phi) is 6.73. The van der Waals surface area contributed by atoms with Gasteiger partial charge in [-0.25, -0.2) is 9.97 Å². The summed E-state index contributed by atoms with van der Waals surface area (Å²) < 4.78 is 39.2. The molecule has 0 bridgehead atoms. The lowest BCUT2D eigenvalue weighted by atomic mass is 9.88. The van der Waals surface area contributed by atoms with E-state index in [1.807, 2.05) is 35.7 Å². The van der Waals surface area contributed by atoms with Crippen LogP contribution in [-0.2, 0) is 6.18 Å². The normalized spacial score (nSPS) is 14.6. The number of amides is 1. The van der Waals surface area contributed by atoms with E-state index in [-0.39, 0.29) is 11.8 Å². The van der Waals surface area contributed by atoms with E-state index in [1.54, 1.807) is 18.2 Å². The van der Waals surface area contributed by atoms with Gasteiger partial charge in [0.05, 0.1) is 16.8 Å². The summed E-state index contributed by atoms with van der Waals surface area (Å²) in [5.74, 6) is 0.536. The van der Waals surface area contributed by atoms with Crippen LogP contribution in [0.2, 0.25) is 0 Å². The molecule has 2 aromatic heterocycles. The van der Waals surface area contributed by atoms with E-state index in [0.29, 0.717) is 23.8 Å². The number of nitrogens with zero attached hydrogens (tertiary/aromatic N) is 3. The van der Waals surface area contributed by atoms with Gasteiger partial charge in [-0.05, 0) is 42.5 Å². The van der Waals surface area contributed by atoms with Gasteiger partial charge in [0.2, 0.25) is 0 Å². The van der Waals surface area contributed by atoms with Gasteiger partial charge >= 0.3 is 6.18 Å². The molecule has 1 N–H and O–H groups in total. The molecule has 184 valence electrons. The number of nitrogens with one attached hydrogen (secondary N) is 1. The minimum atomic E-state index is -4.33. The van der Waals surface area contributed by atoms with E-state index in [9.17, 15) is 18.0 Å². The fourth-order valence-corrected chi connectivity index (χ4v) is 5.07. The van der Waals surface area contributed by atoms with E-state index in [2.05, 4.69) is 20.2 Å². The van der Waals surface area contributed by atoms with Crippen molar-refractivity contribution >= 4 is 28.2 Å². The van der Waals surface area contributed by atoms with Crippen molar-refractivity contribution in [3.63, 3.8) is 0 Å². The molecule has 0 atom stereocenters. The maximum atomic E-state index is 13.1. The van der Waals surface area contributed by atoms with Crippen LogP contribution in [0, 0.1) is 0 Å². The standard InChI is InChI=1S/C27H23F3N4OS/c28-27(29,30)22-8-4-7-20(15-22)18-11-13-34(14-12-18)24-10-9-21(16-31-24)25(35)33-26-32-23(17-36-26)19-5-2-1-3-6-19/h1-10,15-18H,11-14H2,(H,32,33,35). The first-order valence-corrected chi connectivity index (χ1v) is 12.5. The minimum absolute atomic E-state index is 0.0765. The SMILES string of the molecule is O=C(Nc1nc(-c2ccccc2)cs1)c1ccc(N2CCC(c3cccc(C(F)(F)F)c3)CC2)nc1. The predicted octanol–water partition coefficient (Wildman–Crippen LogP) is 6.86. The molecule has 1 fully saturated rings. The summed E-state index contributed by atoms with van der Waals surface area (Å²) in [4.78, 5) is 23.7. The topological polar surface area (TPSA) is 58.1 Å². The van der Waals surface area contributed by atoms with Crippen molar-refractivity contribution in [2.24, 2.45) is 0 Å². The van der Waals surface area contributed by atoms with E-state index in [1.165, 1.54) is 29.7 Å². The highest BCUT2D eigenvalue weighted by atomic mass is 32.1. The third-order valence-corrected chi connectivity index (χ3v) is 7.07. The van der Waals surface area contributed by atoms with Crippen LogP contribution in [-0.4, -0.2) is 29.0 Å². The molecule has 0 spiro atoms. The van der Waals surface area contributed by atoms with Crippen LogP contribution in [0.15, 0.2) is 78.3 Å². The summed E-state index contributed by atoms with van der Waals surface area (Å²) in [7, 11) is 0. The Morgan fingerprint density at radius 2 is 1.78 bits per heavy atom. The van der Waals surface area contributed by atoms with Crippen LogP contribution in [0.3, 0.4) is 0 Å². The molecule has 9 heteroatoms. The van der Waals surface area contributed by atoms with Gasteiger partial charge in [0.1, 0.15) is 5.82 Å². The highest BCUT2D eigenvalue weighted by Crippen LogP contribution is 2.35. The van der Waals surface area contributed by atoms with Crippen LogP contribution in [0.5, 0.6) is 0 Å². The Balaban J connectivity index is 1.18. The van der Waals surface area contributed by atoms with E-state index >= 15 is 0 Å². The number of piperidine rings is 1. The number of thiazole rings is 1. The summed E-state index contributed by atoms with van der Waals surface area (Å²) in [6, 6.07) is 18.9. The van der Waals surface area contributed by atoms with Gasteiger partial charge < -0.3 is 4.90 Å². The Labute approximate surface area is 210 Å². The number of hydrogen-bond acceptors (Lipinski definition) is 5. The average molecular weight is 509 g/mol. The maximum Gasteiger partial charge on any atom is 0.416 e. The van der Waals surface area contributed by atoms with Crippen molar-refractivity contribution in [3.05, 3.63) is 95.0 Å². The smallest absolute Gasteiger partial charge is 0.357 e. The molecule has 4 aromatic rings. The first-order chi connectivity index (χ1) is 17.4. The van der Waals surface area contributed by atoms with Gasteiger partial charge in [0.15, 0.2) is 5.13 Å². The van der Waals surface area contributed by atoms with Crippen molar-refractivity contribution in [1.29, 1.82) is 0 Å². The molecule has 36 heavy (non-hydrogen) atoms. The molecule has 5 rings (SSSR count). The highest BCUT2D eigenvalue weighted by molar-refractivity contribution is 7.14. The zero-order chi connectivity index (χ0) is 25.1. The number of aromatic nitrogens is 2. The molecule has 0 unspecified atom stereocenters. The Hall–Kier alpha value is -3.72. The monoisotopic (exact) mass is 508 g/mol. The van der Waals surface area contributed by atoms with Gasteiger partial charge in [0.25, 0.3) is 5.91 Å². The number of pyridine rings is 1. The zero-order valence-electron chi connectivity index (χ0n) is 19.2. The number of anilines is 2. The first-order valence-electron chi connectivity index (χ1n) is 11.6. The number of halogens is 3. The number of carbonyl (C=O) groups is 1. The minimum Gasteiger partial charge on any atom is -0.357 e. The zero-order valence-corrected chi connectivity index (χ0v) is 20.0. The van der Waals surface area contributed by atoms with Crippen molar-refractivity contribution in [1.82, 2.24) is 9.97 Å². The number of rotatable bonds is 5. The van der Waals surface area contributed by atoms with Crippen LogP contribution < -0.4 is 10.2 Å². The van der Waals surface area contributed by atoms with Crippen LogP contribution >= 0.6 is 11.3 Å². The molecule has 1 saturated heterocycles. The molecule has 1 aliphatic rings. The summed E-state index contributed by atoms with van der Waals surface area (Å²) in [5.41, 5.74) is 2.33. The van der Waals surface area contributed by atoms with E-state index < -0.39 is 11.7 Å². The highest BCUT2D eigenvalue weighted by Gasteiger charge is 2.31. The van der Waals surface area contributed by atoms with Gasteiger partial charge in [-0.3, -0.25) is 10.1 Å². The molecule has 1 amide bonds. The predicted molar refractivity (Wildman–Crippen MR) is 135 cm³/mol. The molecule has 3 heterocycles. The molecule has 1 aliphatic heterocycles. The van der Waals surface area contributed by atoms with E-state index in [0.717, 1.165) is 41.5 Å². The largest absolute Gasteiger partial charge is 0.416 e. The van der Waals surface area contributed by atoms with Gasteiger partial charge in [-0.2, -0.15) is 13.2 Å². The van der Waals surface area contributed by atoms with Crippen molar-refractivity contribution in [3.8, 4) is 11.3 Å². The number of alkyl halides is 3. The average Bonchev–Trinajstić information content (AvgIpc) is 3.37. The Morgan fingerprint density at radius 3 is 2.47 bits per heavy atom. The second-order valence-electron chi connectivity index (χ2n) is 8.65. The molecule has 0 radical (unpaired) electrons. The van der Waals surface area contributed by atoms with Gasteiger partial charge in [-0.1, -0.05) is 48.5 Å². The molecule has 5 nitrogen and oxygen atoms in total. The van der Waals surface area contributed by atoms with Crippen molar-refractivity contribution < 1.29 is 18.0 Å². The van der Waals surface area contributed by atoms with Gasteiger partial charge in [0, 0.05) is 30.2 Å². The maximum absolute atomic E-state index is 13.1. The second-order valence-corrected chi connectivity index (χ2v) is 9.51. The fourth-order valence-electron chi connectivity index (χ4n) is 4.36. The Bertz CT molecular complexity index is 1330. The number of carbonyl (C=O) groups excluding carboxylic acids is 1. The summed E-state index contributed by atoms with van der Waals surface area (Å²) in [6.45, 7) is 1.36. The first kappa shape index (κ1) is 24.0. The molecule has 0 saturated carbocycles. The quantitative estimate of drug-likeness (QED) is 0.320. The van der Waals surface area contributed by atoms with Crippen LogP contribution in [0.4, 0.5) is 24.1 Å². The molecule has 0 aliphatic carbocycles. The fraction of sp³-hybridized carbons (Fsp3) is 0.222. The van der Waals surface area contributed by atoms with E-state index in [4.69, 9.17) is 0 Å². The third kappa shape index (κ3) is 5.41. The van der Waals surface area contributed by atoms with Crippen molar-refractivity contribution in [2.75, 3.05) is 23.3 Å². The lowest BCUT2D eigenvalue weighted by Crippen LogP contribution is -2.33. The van der Waals surface area contributed by atoms with Crippen molar-refractivity contribution in [2.45, 2.75) is 24.9 Å². The lowest BCUT2D eigenvalue weighted by molar-refractivity contribution is -0.137. The summed E-state index contributed by atoms with van der Waals surface area (Å²) >= 11 is 1.36.